The van der Waals surface area contributed by atoms with Crippen LogP contribution in [0.1, 0.15) is 41.0 Å². The Morgan fingerprint density at radius 1 is 0.941 bits per heavy atom. The molecular formula is C22H17Cl5N2O5. The zero-order valence-corrected chi connectivity index (χ0v) is 21.5. The Bertz CT molecular complexity index is 1150. The van der Waals surface area contributed by atoms with Gasteiger partial charge in [-0.25, -0.2) is 4.79 Å². The van der Waals surface area contributed by atoms with E-state index in [1.807, 2.05) is 0 Å². The molecule has 34 heavy (non-hydrogen) atoms. The first-order valence-corrected chi connectivity index (χ1v) is 11.8. The van der Waals surface area contributed by atoms with E-state index in [0.717, 1.165) is 0 Å². The number of hydrogen-bond acceptors (Lipinski definition) is 5. The van der Waals surface area contributed by atoms with Crippen LogP contribution in [0.5, 0.6) is 0 Å². The van der Waals surface area contributed by atoms with Crippen molar-refractivity contribution in [2.24, 2.45) is 5.92 Å². The van der Waals surface area contributed by atoms with Gasteiger partial charge in [0, 0.05) is 10.7 Å². The summed E-state index contributed by atoms with van der Waals surface area (Å²) in [5.41, 5.74) is -0.0803. The minimum atomic E-state index is -1.34. The van der Waals surface area contributed by atoms with Gasteiger partial charge in [0.05, 0.1) is 31.2 Å². The maximum Gasteiger partial charge on any atom is 0.329 e. The summed E-state index contributed by atoms with van der Waals surface area (Å²) < 4.78 is 5.14. The predicted molar refractivity (Wildman–Crippen MR) is 131 cm³/mol. The van der Waals surface area contributed by atoms with Gasteiger partial charge in [-0.15, -0.1) is 0 Å². The van der Waals surface area contributed by atoms with E-state index in [-0.39, 0.29) is 43.6 Å². The molecule has 1 N–H and O–H groups in total. The molecule has 0 saturated heterocycles. The van der Waals surface area contributed by atoms with Crippen LogP contribution in [0.3, 0.4) is 0 Å². The number of carbonyl (C=O) groups is 4. The van der Waals surface area contributed by atoms with Crippen molar-refractivity contribution < 1.29 is 23.9 Å². The van der Waals surface area contributed by atoms with Gasteiger partial charge in [0.25, 0.3) is 17.7 Å². The fourth-order valence-electron chi connectivity index (χ4n) is 3.40. The number of amides is 3. The van der Waals surface area contributed by atoms with Crippen LogP contribution in [0.15, 0.2) is 24.3 Å². The van der Waals surface area contributed by atoms with Crippen molar-refractivity contribution in [3.63, 3.8) is 0 Å². The molecule has 0 aliphatic carbocycles. The number of rotatable bonds is 7. The molecular weight excluding hydrogens is 550 g/mol. The summed E-state index contributed by atoms with van der Waals surface area (Å²) >= 11 is 30.3. The normalized spacial score (nSPS) is 13.8. The fraction of sp³-hybridized carbons (Fsp3) is 0.273. The maximum absolute atomic E-state index is 13.1. The number of nitrogens with zero attached hydrogens (tertiary/aromatic N) is 1. The molecule has 0 spiro atoms. The monoisotopic (exact) mass is 564 g/mol. The Labute approximate surface area is 220 Å². The van der Waals surface area contributed by atoms with E-state index in [1.54, 1.807) is 32.0 Å². The van der Waals surface area contributed by atoms with E-state index in [9.17, 15) is 19.2 Å². The number of halogens is 5. The number of benzene rings is 2. The number of fused-ring (bicyclic) bond motifs is 1. The number of esters is 1. The van der Waals surface area contributed by atoms with Crippen LogP contribution in [-0.2, 0) is 14.3 Å². The standard InChI is InChI=1S/C22H17Cl5N2O5/c1-9(2)6-12(22(33)34-8-13(30)28-11-5-3-4-10(23)7-11)29-20(31)14-15(21(29)32)17(25)19(27)18(26)16(14)24/h3-5,7,9,12H,6,8H2,1-2H3,(H,28,30)/t12-/m1/s1. The second-order valence-electron chi connectivity index (χ2n) is 7.80. The van der Waals surface area contributed by atoms with E-state index >= 15 is 0 Å². The number of carbonyl (C=O) groups excluding carboxylic acids is 4. The summed E-state index contributed by atoms with van der Waals surface area (Å²) in [6, 6.07) is 5.06. The molecule has 0 aromatic heterocycles. The molecule has 7 nitrogen and oxygen atoms in total. The van der Waals surface area contributed by atoms with Gasteiger partial charge in [0.2, 0.25) is 0 Å². The topological polar surface area (TPSA) is 92.8 Å². The average molecular weight is 567 g/mol. The van der Waals surface area contributed by atoms with Crippen LogP contribution < -0.4 is 5.32 Å². The molecule has 1 aliphatic heterocycles. The smallest absolute Gasteiger partial charge is 0.329 e. The van der Waals surface area contributed by atoms with Gasteiger partial charge >= 0.3 is 5.97 Å². The van der Waals surface area contributed by atoms with E-state index in [2.05, 4.69) is 5.32 Å². The molecule has 2 aromatic rings. The van der Waals surface area contributed by atoms with Crippen LogP contribution in [0.25, 0.3) is 0 Å². The average Bonchev–Trinajstić information content (AvgIpc) is 3.03. The molecule has 3 amide bonds. The predicted octanol–water partition coefficient (Wildman–Crippen LogP) is 6.15. The number of nitrogens with one attached hydrogen (secondary N) is 1. The highest BCUT2D eigenvalue weighted by Crippen LogP contribution is 2.45. The molecule has 180 valence electrons. The van der Waals surface area contributed by atoms with Crippen molar-refractivity contribution in [3.05, 3.63) is 60.5 Å². The van der Waals surface area contributed by atoms with E-state index in [4.69, 9.17) is 62.7 Å². The van der Waals surface area contributed by atoms with Gasteiger partial charge in [-0.1, -0.05) is 77.9 Å². The quantitative estimate of drug-likeness (QED) is 0.188. The Balaban J connectivity index is 1.82. The van der Waals surface area contributed by atoms with Gasteiger partial charge in [-0.3, -0.25) is 19.3 Å². The van der Waals surface area contributed by atoms with Gasteiger partial charge in [0.1, 0.15) is 6.04 Å². The molecule has 1 atom stereocenters. The lowest BCUT2D eigenvalue weighted by Crippen LogP contribution is -2.47. The molecule has 1 aliphatic rings. The zero-order chi connectivity index (χ0) is 25.3. The van der Waals surface area contributed by atoms with Crippen LogP contribution in [-0.4, -0.2) is 41.2 Å². The molecule has 0 unspecified atom stereocenters. The Kier molecular flexibility index (Phi) is 8.37. The van der Waals surface area contributed by atoms with Crippen LogP contribution in [0.4, 0.5) is 5.69 Å². The Hall–Kier alpha value is -2.03. The number of imide groups is 1. The van der Waals surface area contributed by atoms with Crippen LogP contribution in [0.2, 0.25) is 25.1 Å². The lowest BCUT2D eigenvalue weighted by Gasteiger charge is -2.26. The first-order valence-electron chi connectivity index (χ1n) is 9.89. The largest absolute Gasteiger partial charge is 0.454 e. The first kappa shape index (κ1) is 26.6. The van der Waals surface area contributed by atoms with Crippen molar-refractivity contribution in [3.8, 4) is 0 Å². The second kappa shape index (κ2) is 10.7. The molecule has 3 rings (SSSR count). The lowest BCUT2D eigenvalue weighted by atomic mass is 10.0. The van der Waals surface area contributed by atoms with Gasteiger partial charge in [-0.05, 0) is 30.5 Å². The van der Waals surface area contributed by atoms with E-state index in [0.29, 0.717) is 15.6 Å². The molecule has 1 heterocycles. The molecule has 0 saturated carbocycles. The summed E-state index contributed by atoms with van der Waals surface area (Å²) in [5.74, 6) is -3.44. The van der Waals surface area contributed by atoms with Gasteiger partial charge < -0.3 is 10.1 Å². The first-order chi connectivity index (χ1) is 15.9. The van der Waals surface area contributed by atoms with Crippen molar-refractivity contribution in [2.45, 2.75) is 26.3 Å². The van der Waals surface area contributed by atoms with Crippen LogP contribution >= 0.6 is 58.0 Å². The second-order valence-corrected chi connectivity index (χ2v) is 9.75. The van der Waals surface area contributed by atoms with Crippen molar-refractivity contribution in [1.82, 2.24) is 4.90 Å². The highest BCUT2D eigenvalue weighted by Gasteiger charge is 2.47. The lowest BCUT2D eigenvalue weighted by molar-refractivity contribution is -0.151. The van der Waals surface area contributed by atoms with Gasteiger partial charge in [-0.2, -0.15) is 0 Å². The summed E-state index contributed by atoms with van der Waals surface area (Å²) in [5, 5.41) is 2.09. The fourth-order valence-corrected chi connectivity index (χ4v) is 4.60. The van der Waals surface area contributed by atoms with Crippen molar-refractivity contribution >= 4 is 87.4 Å². The number of ether oxygens (including phenoxy) is 1. The minimum absolute atomic E-state index is 0.0664. The SMILES string of the molecule is CC(C)C[C@H](C(=O)OCC(=O)Nc1cccc(Cl)c1)N1C(=O)c2c(Cl)c(Cl)c(Cl)c(Cl)c2C1=O. The summed E-state index contributed by atoms with van der Waals surface area (Å²) in [6.45, 7) is 2.93. The molecule has 0 fully saturated rings. The maximum atomic E-state index is 13.1. The molecule has 0 radical (unpaired) electrons. The third kappa shape index (κ3) is 5.29. The highest BCUT2D eigenvalue weighted by atomic mass is 35.5. The van der Waals surface area contributed by atoms with E-state index < -0.39 is 36.3 Å². The Morgan fingerprint density at radius 2 is 1.50 bits per heavy atom. The van der Waals surface area contributed by atoms with Crippen LogP contribution in [0, 0.1) is 5.92 Å². The molecule has 2 aromatic carbocycles. The van der Waals surface area contributed by atoms with Crippen molar-refractivity contribution in [2.75, 3.05) is 11.9 Å². The Morgan fingerprint density at radius 3 is 2.00 bits per heavy atom. The minimum Gasteiger partial charge on any atom is -0.454 e. The molecule has 12 heteroatoms. The third-order valence-electron chi connectivity index (χ3n) is 4.86. The summed E-state index contributed by atoms with van der Waals surface area (Å²) in [7, 11) is 0. The van der Waals surface area contributed by atoms with Gasteiger partial charge in [0.15, 0.2) is 6.61 Å². The third-order valence-corrected chi connectivity index (χ3v) is 6.90. The van der Waals surface area contributed by atoms with Crippen molar-refractivity contribution in [1.29, 1.82) is 0 Å². The summed E-state index contributed by atoms with van der Waals surface area (Å²) in [6.07, 6.45) is 0.0664. The molecule has 0 bridgehead atoms. The number of hydrogen-bond donors (Lipinski definition) is 1. The zero-order valence-electron chi connectivity index (χ0n) is 17.8. The highest BCUT2D eigenvalue weighted by molar-refractivity contribution is 6.55. The van der Waals surface area contributed by atoms with E-state index in [1.165, 1.54) is 6.07 Å². The number of anilines is 1. The summed E-state index contributed by atoms with van der Waals surface area (Å²) in [4.78, 5) is 52.2.